The molecule has 0 aliphatic heterocycles. The van der Waals surface area contributed by atoms with E-state index in [1.807, 2.05) is 0 Å². The Morgan fingerprint density at radius 2 is 1.90 bits per heavy atom. The van der Waals surface area contributed by atoms with Gasteiger partial charge in [-0.2, -0.15) is 13.2 Å². The molecule has 160 valence electrons. The second kappa shape index (κ2) is 7.88. The number of aromatic nitrogens is 1. The lowest BCUT2D eigenvalue weighted by molar-refractivity contribution is -0.141. The maximum atomic E-state index is 13.1. The topological polar surface area (TPSA) is 94.3 Å². The lowest BCUT2D eigenvalue weighted by Crippen LogP contribution is -2.15. The number of nitrogens with zero attached hydrogens (tertiary/aromatic N) is 1. The Bertz CT molecular complexity index is 1170. The molecule has 0 bridgehead atoms. The molecule has 0 unspecified atom stereocenters. The van der Waals surface area contributed by atoms with Crippen LogP contribution < -0.4 is 11.1 Å². The number of amides is 1. The summed E-state index contributed by atoms with van der Waals surface area (Å²) in [5.41, 5.74) is 6.29. The number of nitrogens with one attached hydrogen (secondary N) is 1. The van der Waals surface area contributed by atoms with E-state index in [1.54, 1.807) is 20.8 Å². The Hall–Kier alpha value is -2.66. The smallest absolute Gasteiger partial charge is 0.433 e. The summed E-state index contributed by atoms with van der Waals surface area (Å²) in [6, 6.07) is 0.901. The highest BCUT2D eigenvalue weighted by atomic mass is 32.1. The molecular weight excluding hydrogens is 439 g/mol. The van der Waals surface area contributed by atoms with Gasteiger partial charge < -0.3 is 15.8 Å². The van der Waals surface area contributed by atoms with Crippen LogP contribution in [0.4, 0.5) is 23.9 Å². The zero-order valence-electron chi connectivity index (χ0n) is 16.5. The number of pyridine rings is 1. The number of anilines is 2. The molecule has 0 saturated heterocycles. The van der Waals surface area contributed by atoms with E-state index in [1.165, 1.54) is 18.3 Å². The van der Waals surface area contributed by atoms with Gasteiger partial charge in [0.1, 0.15) is 20.4 Å². The Morgan fingerprint density at radius 1 is 1.23 bits per heavy atom. The number of alkyl halides is 3. The van der Waals surface area contributed by atoms with Crippen LogP contribution in [0.25, 0.3) is 10.2 Å². The number of carbonyl (C=O) groups excluding carboxylic acids is 2. The number of thiophene rings is 2. The van der Waals surface area contributed by atoms with Crippen molar-refractivity contribution in [2.75, 3.05) is 17.7 Å². The summed E-state index contributed by atoms with van der Waals surface area (Å²) in [7, 11) is 0. The number of nitrogens with two attached hydrogens (primary N) is 1. The van der Waals surface area contributed by atoms with Crippen LogP contribution in [0.5, 0.6) is 0 Å². The van der Waals surface area contributed by atoms with Gasteiger partial charge in [-0.05, 0) is 44.9 Å². The molecule has 0 aliphatic rings. The third-order valence-corrected chi connectivity index (χ3v) is 6.71. The van der Waals surface area contributed by atoms with Crippen molar-refractivity contribution in [1.82, 2.24) is 4.98 Å². The molecule has 11 heteroatoms. The Balaban J connectivity index is 2.03. The molecule has 3 N–H and O–H groups in total. The minimum Gasteiger partial charge on any atom is -0.462 e. The maximum absolute atomic E-state index is 13.1. The Labute approximate surface area is 177 Å². The average Bonchev–Trinajstić information content (AvgIpc) is 3.11. The predicted molar refractivity (Wildman–Crippen MR) is 111 cm³/mol. The Kier molecular flexibility index (Phi) is 5.79. The molecule has 3 aromatic rings. The highest BCUT2D eigenvalue weighted by Crippen LogP contribution is 2.39. The van der Waals surface area contributed by atoms with Gasteiger partial charge in [0.05, 0.1) is 17.9 Å². The molecule has 1 amide bonds. The summed E-state index contributed by atoms with van der Waals surface area (Å²) < 4.78 is 44.2. The molecule has 0 saturated carbocycles. The predicted octanol–water partition coefficient (Wildman–Crippen LogP) is 5.31. The molecule has 3 heterocycles. The minimum atomic E-state index is -4.61. The zero-order valence-corrected chi connectivity index (χ0v) is 18.1. The number of nitrogen functional groups attached to an aromatic ring is 1. The standard InChI is InChI=1S/C19H18F3N3O3S2/c1-5-28-18(27)12-8(3)9(4)29-17(12)25-15(26)14-13(23)11-7(2)6-10(19(20,21)22)24-16(11)30-14/h6H,5,23H2,1-4H3,(H,25,26). The van der Waals surface area contributed by atoms with Crippen LogP contribution >= 0.6 is 22.7 Å². The molecule has 0 fully saturated rings. The molecule has 0 spiro atoms. The first-order chi connectivity index (χ1) is 14.0. The summed E-state index contributed by atoms with van der Waals surface area (Å²) in [5.74, 6) is -1.19. The number of hydrogen-bond donors (Lipinski definition) is 2. The fourth-order valence-electron chi connectivity index (χ4n) is 2.95. The number of esters is 1. The average molecular weight is 457 g/mol. The van der Waals surface area contributed by atoms with Gasteiger partial charge in [-0.1, -0.05) is 0 Å². The van der Waals surface area contributed by atoms with Crippen molar-refractivity contribution in [3.05, 3.63) is 38.2 Å². The van der Waals surface area contributed by atoms with E-state index in [4.69, 9.17) is 10.5 Å². The maximum Gasteiger partial charge on any atom is 0.433 e. The van der Waals surface area contributed by atoms with Crippen molar-refractivity contribution in [2.45, 2.75) is 33.9 Å². The van der Waals surface area contributed by atoms with Crippen molar-refractivity contribution in [3.63, 3.8) is 0 Å². The summed E-state index contributed by atoms with van der Waals surface area (Å²) >= 11 is 1.98. The highest BCUT2D eigenvalue weighted by Gasteiger charge is 2.34. The van der Waals surface area contributed by atoms with Gasteiger partial charge in [0.25, 0.3) is 5.91 Å². The summed E-state index contributed by atoms with van der Waals surface area (Å²) in [6.45, 7) is 6.88. The van der Waals surface area contributed by atoms with Crippen molar-refractivity contribution in [1.29, 1.82) is 0 Å². The molecule has 3 aromatic heterocycles. The number of rotatable bonds is 4. The van der Waals surface area contributed by atoms with E-state index in [-0.39, 0.29) is 33.1 Å². The van der Waals surface area contributed by atoms with E-state index in [0.29, 0.717) is 16.0 Å². The van der Waals surface area contributed by atoms with Crippen LogP contribution in [0.3, 0.4) is 0 Å². The van der Waals surface area contributed by atoms with Gasteiger partial charge >= 0.3 is 12.1 Å². The second-order valence-corrected chi connectivity index (χ2v) is 8.73. The van der Waals surface area contributed by atoms with E-state index in [9.17, 15) is 22.8 Å². The molecule has 6 nitrogen and oxygen atoms in total. The van der Waals surface area contributed by atoms with Gasteiger partial charge in [0, 0.05) is 10.3 Å². The molecular formula is C19H18F3N3O3S2. The number of carbonyl (C=O) groups is 2. The number of halogens is 3. The fourth-order valence-corrected chi connectivity index (χ4v) is 5.06. The first kappa shape index (κ1) is 22.0. The van der Waals surface area contributed by atoms with Gasteiger partial charge in [-0.3, -0.25) is 4.79 Å². The van der Waals surface area contributed by atoms with Crippen molar-refractivity contribution in [2.24, 2.45) is 0 Å². The van der Waals surface area contributed by atoms with Crippen LogP contribution in [-0.2, 0) is 10.9 Å². The van der Waals surface area contributed by atoms with Gasteiger partial charge in [-0.25, -0.2) is 9.78 Å². The molecule has 0 aromatic carbocycles. The van der Waals surface area contributed by atoms with Crippen molar-refractivity contribution >= 4 is 55.5 Å². The van der Waals surface area contributed by atoms with Crippen molar-refractivity contribution in [3.8, 4) is 0 Å². The zero-order chi connectivity index (χ0) is 22.4. The van der Waals surface area contributed by atoms with Gasteiger partial charge in [0.2, 0.25) is 0 Å². The number of hydrogen-bond acceptors (Lipinski definition) is 7. The lowest BCUT2D eigenvalue weighted by atomic mass is 10.1. The monoisotopic (exact) mass is 457 g/mol. The SMILES string of the molecule is CCOC(=O)c1c(NC(=O)c2sc3nc(C(F)(F)F)cc(C)c3c2N)sc(C)c1C. The normalized spacial score (nSPS) is 11.7. The summed E-state index contributed by atoms with van der Waals surface area (Å²) in [6.07, 6.45) is -4.61. The first-order valence-corrected chi connectivity index (χ1v) is 10.4. The van der Waals surface area contributed by atoms with Gasteiger partial charge in [-0.15, -0.1) is 22.7 Å². The lowest BCUT2D eigenvalue weighted by Gasteiger charge is -2.07. The van der Waals surface area contributed by atoms with Crippen molar-refractivity contribution < 1.29 is 27.5 Å². The second-order valence-electron chi connectivity index (χ2n) is 6.51. The van der Waals surface area contributed by atoms with E-state index in [0.717, 1.165) is 22.3 Å². The van der Waals surface area contributed by atoms with Crippen LogP contribution in [0.1, 0.15) is 48.7 Å². The van der Waals surface area contributed by atoms with E-state index < -0.39 is 23.7 Å². The third-order valence-electron chi connectivity index (χ3n) is 4.48. The van der Waals surface area contributed by atoms with E-state index in [2.05, 4.69) is 10.3 Å². The summed E-state index contributed by atoms with van der Waals surface area (Å²) in [4.78, 5) is 29.7. The molecule has 3 rings (SSSR count). The number of ether oxygens (including phenoxy) is 1. The summed E-state index contributed by atoms with van der Waals surface area (Å²) in [5, 5.41) is 3.26. The van der Waals surface area contributed by atoms with Crippen LogP contribution in [0.15, 0.2) is 6.07 Å². The molecule has 30 heavy (non-hydrogen) atoms. The fraction of sp³-hybridized carbons (Fsp3) is 0.316. The first-order valence-electron chi connectivity index (χ1n) is 8.80. The van der Waals surface area contributed by atoms with Crippen LogP contribution in [0.2, 0.25) is 0 Å². The minimum absolute atomic E-state index is 0.0223. The molecule has 0 radical (unpaired) electrons. The van der Waals surface area contributed by atoms with Gasteiger partial charge in [0.15, 0.2) is 0 Å². The quantitative estimate of drug-likeness (QED) is 0.518. The van der Waals surface area contributed by atoms with Crippen LogP contribution in [-0.4, -0.2) is 23.5 Å². The van der Waals surface area contributed by atoms with E-state index >= 15 is 0 Å². The Morgan fingerprint density at radius 3 is 2.50 bits per heavy atom. The number of fused-ring (bicyclic) bond motifs is 1. The molecule has 0 atom stereocenters. The largest absolute Gasteiger partial charge is 0.462 e. The molecule has 0 aliphatic carbocycles. The third kappa shape index (κ3) is 3.86. The number of aryl methyl sites for hydroxylation is 2. The van der Waals surface area contributed by atoms with Crippen LogP contribution in [0, 0.1) is 20.8 Å². The highest BCUT2D eigenvalue weighted by molar-refractivity contribution is 7.21.